The summed E-state index contributed by atoms with van der Waals surface area (Å²) in [6.07, 6.45) is 0. The van der Waals surface area contributed by atoms with Crippen LogP contribution in [0.5, 0.6) is 0 Å². The average Bonchev–Trinajstić information content (AvgIpc) is 1.84. The van der Waals surface area contributed by atoms with Crippen LogP contribution < -0.4 is 15.4 Å². The Labute approximate surface area is 68.8 Å². The van der Waals surface area contributed by atoms with Crippen LogP contribution >= 0.6 is 0 Å². The van der Waals surface area contributed by atoms with Gasteiger partial charge in [0.1, 0.15) is 0 Å². The number of amides is 2. The largest absolute Gasteiger partial charge is 0.370 e. The highest BCUT2D eigenvalue weighted by molar-refractivity contribution is 7.88. The fraction of sp³-hybridized carbons (Fsp3) is 0. The lowest BCUT2D eigenvalue weighted by Gasteiger charge is -1.98. The topological polar surface area (TPSA) is 148 Å². The van der Waals surface area contributed by atoms with Crippen molar-refractivity contribution >= 4 is 26.7 Å². The molecular formula is CH4N4O5S2. The number of hydrogen-bond donors (Lipinski definition) is 3. The minimum Gasteiger partial charge on any atom is -0.256 e. The Morgan fingerprint density at radius 1 is 1.42 bits per heavy atom. The van der Waals surface area contributed by atoms with Crippen LogP contribution in [0.15, 0.2) is 4.36 Å². The smallest absolute Gasteiger partial charge is 0.256 e. The highest BCUT2D eigenvalue weighted by Gasteiger charge is 2.10. The molecule has 9 nitrogen and oxygen atoms in total. The molecule has 4 N–H and O–H groups in total. The Hall–Kier alpha value is -1.04. The van der Waals surface area contributed by atoms with Gasteiger partial charge in [-0.15, -0.1) is 4.83 Å². The normalized spacial score (nSPS) is 10.4. The van der Waals surface area contributed by atoms with E-state index >= 15 is 0 Å². The molecule has 0 aromatic carbocycles. The molecule has 0 aromatic rings. The molecule has 70 valence electrons. The molecule has 0 fully saturated rings. The molecule has 0 atom stereocenters. The summed E-state index contributed by atoms with van der Waals surface area (Å²) in [4.78, 5) is 11.5. The second-order valence-electron chi connectivity index (χ2n) is 1.34. The van der Waals surface area contributed by atoms with Crippen LogP contribution in [0.3, 0.4) is 0 Å². The summed E-state index contributed by atoms with van der Waals surface area (Å²) in [7, 11) is -7.21. The van der Waals surface area contributed by atoms with Crippen molar-refractivity contribution in [1.29, 1.82) is 0 Å². The zero-order chi connectivity index (χ0) is 9.78. The van der Waals surface area contributed by atoms with E-state index in [9.17, 15) is 21.6 Å². The molecule has 12 heavy (non-hydrogen) atoms. The third-order valence-corrected chi connectivity index (χ3v) is 1.60. The third kappa shape index (κ3) is 4.73. The predicted octanol–water partition coefficient (Wildman–Crippen LogP) is -2.53. The highest BCUT2D eigenvalue weighted by Crippen LogP contribution is 1.77. The van der Waals surface area contributed by atoms with Gasteiger partial charge in [-0.2, -0.15) is 16.8 Å². The van der Waals surface area contributed by atoms with Gasteiger partial charge in [-0.25, -0.2) is 9.52 Å². The van der Waals surface area contributed by atoms with Crippen molar-refractivity contribution in [2.24, 2.45) is 10.2 Å². The minimum atomic E-state index is -4.20. The van der Waals surface area contributed by atoms with Crippen molar-refractivity contribution in [3.05, 3.63) is 0 Å². The van der Waals surface area contributed by atoms with Crippen molar-refractivity contribution in [3.63, 3.8) is 0 Å². The van der Waals surface area contributed by atoms with Crippen LogP contribution in [0.4, 0.5) is 4.79 Å². The number of hydrogen-bond acceptors (Lipinski definition) is 6. The average molecular weight is 216 g/mol. The lowest BCUT2D eigenvalue weighted by molar-refractivity contribution is 0.254. The van der Waals surface area contributed by atoms with E-state index in [4.69, 9.17) is 0 Å². The van der Waals surface area contributed by atoms with Crippen molar-refractivity contribution in [3.8, 4) is 0 Å². The minimum absolute atomic E-state index is 1.17. The van der Waals surface area contributed by atoms with E-state index in [1.165, 1.54) is 9.55 Å². The summed E-state index contributed by atoms with van der Waals surface area (Å²) in [5.74, 6) is 4.44. The lowest BCUT2D eigenvalue weighted by Crippen LogP contribution is -2.42. The molecule has 0 rings (SSSR count). The van der Waals surface area contributed by atoms with E-state index in [-0.39, 0.29) is 0 Å². The predicted molar refractivity (Wildman–Crippen MR) is 36.1 cm³/mol. The Kier molecular flexibility index (Phi) is 3.75. The van der Waals surface area contributed by atoms with E-state index in [0.717, 1.165) is 0 Å². The summed E-state index contributed by atoms with van der Waals surface area (Å²) in [6.45, 7) is 0. The number of hydrazine groups is 1. The molecule has 0 aromatic heterocycles. The number of nitrogens with one attached hydrogen (secondary N) is 2. The fourth-order valence-corrected chi connectivity index (χ4v) is 0.804. The first kappa shape index (κ1) is 11.0. The maximum Gasteiger partial charge on any atom is 0.370 e. The highest BCUT2D eigenvalue weighted by atomic mass is 32.2. The van der Waals surface area contributed by atoms with Gasteiger partial charge in [-0.3, -0.25) is 5.84 Å². The molecule has 0 radical (unpaired) electrons. The molecule has 0 aliphatic carbocycles. The lowest BCUT2D eigenvalue weighted by atomic mass is 11.2. The molecular weight excluding hydrogens is 212 g/mol. The van der Waals surface area contributed by atoms with Crippen LogP contribution in [-0.4, -0.2) is 22.9 Å². The van der Waals surface area contributed by atoms with Gasteiger partial charge in [0.2, 0.25) is 0 Å². The SMILES string of the molecule is NNS(=O)(=O)NC(=O)N=S(=O)=O. The molecule has 0 aliphatic rings. The Morgan fingerprint density at radius 2 is 1.92 bits per heavy atom. The maximum atomic E-state index is 10.4. The van der Waals surface area contributed by atoms with E-state index < -0.39 is 26.7 Å². The Balaban J connectivity index is 4.52. The van der Waals surface area contributed by atoms with Crippen molar-refractivity contribution < 1.29 is 21.6 Å². The molecule has 11 heteroatoms. The second-order valence-corrected chi connectivity index (χ2v) is 3.40. The number of rotatable bonds is 2. The van der Waals surface area contributed by atoms with Crippen LogP contribution in [0.25, 0.3) is 0 Å². The van der Waals surface area contributed by atoms with Gasteiger partial charge < -0.3 is 0 Å². The maximum absolute atomic E-state index is 10.4. The number of nitrogens with two attached hydrogens (primary N) is 1. The summed E-state index contributed by atoms with van der Waals surface area (Å²) in [5.41, 5.74) is 0. The van der Waals surface area contributed by atoms with Crippen LogP contribution in [-0.2, 0) is 20.7 Å². The van der Waals surface area contributed by atoms with Gasteiger partial charge >= 0.3 is 26.7 Å². The summed E-state index contributed by atoms with van der Waals surface area (Å²) < 4.78 is 43.6. The molecule has 0 bridgehead atoms. The number of carbonyl (C=O) groups is 1. The second kappa shape index (κ2) is 4.10. The van der Waals surface area contributed by atoms with E-state index in [2.05, 4.69) is 10.2 Å². The van der Waals surface area contributed by atoms with E-state index in [1.54, 1.807) is 0 Å². The van der Waals surface area contributed by atoms with Gasteiger partial charge in [-0.1, -0.05) is 4.36 Å². The van der Waals surface area contributed by atoms with E-state index in [1.807, 2.05) is 0 Å². The first-order valence-corrected chi connectivity index (χ1v) is 4.74. The van der Waals surface area contributed by atoms with E-state index in [0.29, 0.717) is 0 Å². The van der Waals surface area contributed by atoms with Crippen LogP contribution in [0.2, 0.25) is 0 Å². The summed E-state index contributed by atoms with van der Waals surface area (Å²) in [5, 5.41) is 0. The van der Waals surface area contributed by atoms with Crippen LogP contribution in [0.1, 0.15) is 0 Å². The number of nitrogens with zero attached hydrogens (tertiary/aromatic N) is 1. The van der Waals surface area contributed by atoms with Crippen molar-refractivity contribution in [2.45, 2.75) is 0 Å². The number of urea groups is 1. The molecule has 0 unspecified atom stereocenters. The van der Waals surface area contributed by atoms with Gasteiger partial charge in [0.05, 0.1) is 0 Å². The molecule has 0 saturated carbocycles. The monoisotopic (exact) mass is 216 g/mol. The van der Waals surface area contributed by atoms with Gasteiger partial charge in [0, 0.05) is 0 Å². The number of carbonyl (C=O) groups excluding carboxylic acids is 1. The van der Waals surface area contributed by atoms with Gasteiger partial charge in [-0.05, 0) is 0 Å². The molecule has 2 amide bonds. The zero-order valence-corrected chi connectivity index (χ0v) is 7.02. The summed E-state index contributed by atoms with van der Waals surface area (Å²) in [6, 6.07) is -1.55. The quantitative estimate of drug-likeness (QED) is 0.342. The van der Waals surface area contributed by atoms with Crippen molar-refractivity contribution in [1.82, 2.24) is 9.55 Å². The Bertz CT molecular complexity index is 381. The molecule has 0 aliphatic heterocycles. The molecule has 0 saturated heterocycles. The zero-order valence-electron chi connectivity index (χ0n) is 5.38. The first-order valence-electron chi connectivity index (χ1n) is 2.22. The van der Waals surface area contributed by atoms with Gasteiger partial charge in [0.15, 0.2) is 0 Å². The third-order valence-electron chi connectivity index (χ3n) is 0.534. The fourth-order valence-electron chi connectivity index (χ4n) is 0.231. The summed E-state index contributed by atoms with van der Waals surface area (Å²) >= 11 is 0. The molecule has 0 heterocycles. The van der Waals surface area contributed by atoms with Gasteiger partial charge in [0.25, 0.3) is 0 Å². The standard InChI is InChI=1S/CH4N4O5S2/c2-5-12(9,10)4-1(6)3-11(7)8/h5H,2H2,(H,4,6). The van der Waals surface area contributed by atoms with Crippen molar-refractivity contribution in [2.75, 3.05) is 0 Å². The first-order chi connectivity index (χ1) is 5.37. The Morgan fingerprint density at radius 3 is 2.25 bits per heavy atom. The van der Waals surface area contributed by atoms with Crippen LogP contribution in [0, 0.1) is 0 Å². The molecule has 0 spiro atoms.